The third kappa shape index (κ3) is 3.42. The van der Waals surface area contributed by atoms with Gasteiger partial charge in [-0.1, -0.05) is 31.0 Å². The summed E-state index contributed by atoms with van der Waals surface area (Å²) in [6.07, 6.45) is 6.21. The quantitative estimate of drug-likeness (QED) is 0.763. The van der Waals surface area contributed by atoms with Gasteiger partial charge in [-0.15, -0.1) is 10.2 Å². The average Bonchev–Trinajstić information content (AvgIpc) is 3.29. The molecule has 3 rings (SSSR count). The second-order valence-electron chi connectivity index (χ2n) is 6.29. The maximum absolute atomic E-state index is 12.6. The Balaban J connectivity index is 1.65. The van der Waals surface area contributed by atoms with Gasteiger partial charge in [0.05, 0.1) is 18.1 Å². The molecule has 0 radical (unpaired) electrons. The van der Waals surface area contributed by atoms with E-state index in [1.807, 2.05) is 13.1 Å². The van der Waals surface area contributed by atoms with Crippen LogP contribution in [0, 0.1) is 11.3 Å². The maximum Gasteiger partial charge on any atom is 0.234 e. The zero-order chi connectivity index (χ0) is 17.9. The zero-order valence-corrected chi connectivity index (χ0v) is 15.3. The van der Waals surface area contributed by atoms with Crippen molar-refractivity contribution in [2.45, 2.75) is 42.8 Å². The van der Waals surface area contributed by atoms with Crippen LogP contribution in [0.1, 0.15) is 32.1 Å². The number of aromatic nitrogens is 3. The van der Waals surface area contributed by atoms with Gasteiger partial charge in [-0.05, 0) is 25.0 Å². The molecule has 0 aromatic carbocycles. The fourth-order valence-corrected chi connectivity index (χ4v) is 4.01. The Morgan fingerprint density at radius 2 is 2.20 bits per heavy atom. The van der Waals surface area contributed by atoms with Gasteiger partial charge in [0, 0.05) is 14.1 Å². The van der Waals surface area contributed by atoms with Crippen LogP contribution in [0.2, 0.25) is 0 Å². The van der Waals surface area contributed by atoms with Crippen LogP contribution in [-0.2, 0) is 11.8 Å². The lowest BCUT2D eigenvalue weighted by molar-refractivity contribution is -0.131. The summed E-state index contributed by atoms with van der Waals surface area (Å²) < 4.78 is 7.14. The summed E-state index contributed by atoms with van der Waals surface area (Å²) in [5, 5.41) is 18.5. The number of rotatable bonds is 5. The summed E-state index contributed by atoms with van der Waals surface area (Å²) in [6, 6.07) is 5.99. The Hall–Kier alpha value is -2.27. The van der Waals surface area contributed by atoms with Crippen LogP contribution in [0.25, 0.3) is 11.6 Å². The predicted octanol–water partition coefficient (Wildman–Crippen LogP) is 2.85. The molecule has 0 N–H and O–H groups in total. The molecule has 1 aliphatic carbocycles. The predicted molar refractivity (Wildman–Crippen MR) is 93.6 cm³/mol. The smallest absolute Gasteiger partial charge is 0.234 e. The summed E-state index contributed by atoms with van der Waals surface area (Å²) in [7, 11) is 3.58. The molecule has 0 atom stereocenters. The molecule has 132 valence electrons. The van der Waals surface area contributed by atoms with E-state index in [-0.39, 0.29) is 11.7 Å². The lowest BCUT2D eigenvalue weighted by Gasteiger charge is -2.39. The first-order valence-electron chi connectivity index (χ1n) is 8.31. The Morgan fingerprint density at radius 1 is 1.44 bits per heavy atom. The fraction of sp³-hybridized carbons (Fsp3) is 0.529. The first-order chi connectivity index (χ1) is 12.1. The van der Waals surface area contributed by atoms with Crippen LogP contribution in [-0.4, -0.2) is 43.9 Å². The van der Waals surface area contributed by atoms with Crippen molar-refractivity contribution in [1.82, 2.24) is 19.7 Å². The van der Waals surface area contributed by atoms with Gasteiger partial charge in [-0.25, -0.2) is 0 Å². The van der Waals surface area contributed by atoms with Gasteiger partial charge in [-0.3, -0.25) is 4.79 Å². The molecule has 2 aromatic heterocycles. The monoisotopic (exact) mass is 359 g/mol. The van der Waals surface area contributed by atoms with Crippen LogP contribution in [0.5, 0.6) is 0 Å². The van der Waals surface area contributed by atoms with Crippen LogP contribution in [0.15, 0.2) is 28.0 Å². The standard InChI is InChI=1S/C17H21N5O2S/c1-21-15(13-7-6-10-24-13)19-20-16(21)25-11-14(23)22(2)17(12-18)8-4-3-5-9-17/h6-7,10H,3-5,8-9,11H2,1-2H3. The third-order valence-corrected chi connectivity index (χ3v) is 5.81. The van der Waals surface area contributed by atoms with Gasteiger partial charge >= 0.3 is 0 Å². The SMILES string of the molecule is CN(C(=O)CSc1nnc(-c2ccco2)n1C)C1(C#N)CCCCC1. The van der Waals surface area contributed by atoms with Crippen molar-refractivity contribution < 1.29 is 9.21 Å². The molecule has 0 saturated heterocycles. The van der Waals surface area contributed by atoms with E-state index in [9.17, 15) is 10.1 Å². The maximum atomic E-state index is 12.6. The van der Waals surface area contributed by atoms with E-state index in [4.69, 9.17) is 4.42 Å². The second-order valence-corrected chi connectivity index (χ2v) is 7.23. The molecule has 8 heteroatoms. The Labute approximate surface area is 151 Å². The van der Waals surface area contributed by atoms with Gasteiger partial charge < -0.3 is 13.9 Å². The molecule has 0 unspecified atom stereocenters. The second kappa shape index (κ2) is 7.31. The first kappa shape index (κ1) is 17.5. The van der Waals surface area contributed by atoms with E-state index in [1.165, 1.54) is 11.8 Å². The number of hydrogen-bond donors (Lipinski definition) is 0. The van der Waals surface area contributed by atoms with Gasteiger partial charge in [0.2, 0.25) is 5.91 Å². The van der Waals surface area contributed by atoms with Gasteiger partial charge in [0.15, 0.2) is 16.7 Å². The molecule has 1 fully saturated rings. The highest BCUT2D eigenvalue weighted by molar-refractivity contribution is 7.99. The van der Waals surface area contributed by atoms with Gasteiger partial charge in [0.25, 0.3) is 0 Å². The van der Waals surface area contributed by atoms with Crippen molar-refractivity contribution in [2.75, 3.05) is 12.8 Å². The number of hydrogen-bond acceptors (Lipinski definition) is 6. The Bertz CT molecular complexity index is 772. The number of carbonyl (C=O) groups excluding carboxylic acids is 1. The van der Waals surface area contributed by atoms with Crippen molar-refractivity contribution in [1.29, 1.82) is 5.26 Å². The minimum Gasteiger partial charge on any atom is -0.461 e. The summed E-state index contributed by atoms with van der Waals surface area (Å²) in [5.41, 5.74) is -0.658. The molecule has 1 amide bonds. The molecular weight excluding hydrogens is 338 g/mol. The Kier molecular flexibility index (Phi) is 5.13. The van der Waals surface area contributed by atoms with E-state index in [0.29, 0.717) is 16.7 Å². The van der Waals surface area contributed by atoms with Crippen molar-refractivity contribution in [3.8, 4) is 17.7 Å². The molecule has 2 heterocycles. The average molecular weight is 359 g/mol. The lowest BCUT2D eigenvalue weighted by atomic mass is 9.81. The summed E-state index contributed by atoms with van der Waals surface area (Å²) in [4.78, 5) is 14.2. The summed E-state index contributed by atoms with van der Waals surface area (Å²) in [6.45, 7) is 0. The van der Waals surface area contributed by atoms with E-state index < -0.39 is 5.54 Å². The zero-order valence-electron chi connectivity index (χ0n) is 14.4. The third-order valence-electron chi connectivity index (χ3n) is 4.81. The number of carbonyl (C=O) groups is 1. The van der Waals surface area contributed by atoms with Crippen LogP contribution in [0.3, 0.4) is 0 Å². The van der Waals surface area contributed by atoms with E-state index in [2.05, 4.69) is 16.3 Å². The number of nitrogens with zero attached hydrogens (tertiary/aromatic N) is 5. The van der Waals surface area contributed by atoms with Crippen molar-refractivity contribution in [2.24, 2.45) is 7.05 Å². The fourth-order valence-electron chi connectivity index (χ4n) is 3.18. The molecule has 0 aliphatic heterocycles. The van der Waals surface area contributed by atoms with Crippen molar-refractivity contribution in [3.05, 3.63) is 18.4 Å². The Morgan fingerprint density at radius 3 is 2.84 bits per heavy atom. The summed E-state index contributed by atoms with van der Waals surface area (Å²) in [5.74, 6) is 1.42. The highest BCUT2D eigenvalue weighted by Gasteiger charge is 2.38. The normalized spacial score (nSPS) is 16.4. The van der Waals surface area contributed by atoms with Crippen molar-refractivity contribution >= 4 is 17.7 Å². The number of thioether (sulfide) groups is 1. The molecule has 7 nitrogen and oxygen atoms in total. The molecule has 1 aliphatic rings. The molecule has 0 spiro atoms. The van der Waals surface area contributed by atoms with E-state index >= 15 is 0 Å². The molecule has 25 heavy (non-hydrogen) atoms. The topological polar surface area (TPSA) is 87.9 Å². The number of furan rings is 1. The van der Waals surface area contributed by atoms with Crippen LogP contribution in [0.4, 0.5) is 0 Å². The largest absolute Gasteiger partial charge is 0.461 e. The highest BCUT2D eigenvalue weighted by atomic mass is 32.2. The van der Waals surface area contributed by atoms with E-state index in [1.54, 1.807) is 28.8 Å². The van der Waals surface area contributed by atoms with Crippen LogP contribution < -0.4 is 0 Å². The molecular formula is C17H21N5O2S. The minimum atomic E-state index is -0.658. The molecule has 2 aromatic rings. The minimum absolute atomic E-state index is 0.0593. The highest BCUT2D eigenvalue weighted by Crippen LogP contribution is 2.33. The summed E-state index contributed by atoms with van der Waals surface area (Å²) >= 11 is 1.32. The molecule has 0 bridgehead atoms. The van der Waals surface area contributed by atoms with E-state index in [0.717, 1.165) is 32.1 Å². The number of amides is 1. The van der Waals surface area contributed by atoms with Gasteiger partial charge in [-0.2, -0.15) is 5.26 Å². The van der Waals surface area contributed by atoms with Crippen molar-refractivity contribution in [3.63, 3.8) is 0 Å². The van der Waals surface area contributed by atoms with Gasteiger partial charge in [0.1, 0.15) is 5.54 Å². The molecule has 1 saturated carbocycles. The number of nitriles is 1. The first-order valence-corrected chi connectivity index (χ1v) is 9.30. The van der Waals surface area contributed by atoms with Crippen LogP contribution >= 0.6 is 11.8 Å². The lowest BCUT2D eigenvalue weighted by Crippen LogP contribution is -2.50.